The summed E-state index contributed by atoms with van der Waals surface area (Å²) >= 11 is 0. The van der Waals surface area contributed by atoms with Crippen LogP contribution >= 0.6 is 0 Å². The molecule has 0 bridgehead atoms. The van der Waals surface area contributed by atoms with E-state index < -0.39 is 0 Å². The van der Waals surface area contributed by atoms with Crippen LogP contribution in [0.5, 0.6) is 0 Å². The molecule has 2 N–H and O–H groups in total. The van der Waals surface area contributed by atoms with Crippen LogP contribution in [0.3, 0.4) is 0 Å². The fraction of sp³-hybridized carbons (Fsp3) is 0.800. The van der Waals surface area contributed by atoms with Crippen LogP contribution in [0.2, 0.25) is 0 Å². The lowest BCUT2D eigenvalue weighted by molar-refractivity contribution is 0.0291. The zero-order valence-electron chi connectivity index (χ0n) is 9.01. The Labute approximate surface area is 86.3 Å². The average Bonchev–Trinajstić information content (AvgIpc) is 2.21. The summed E-state index contributed by atoms with van der Waals surface area (Å²) in [6.07, 6.45) is 5.20. The zero-order chi connectivity index (χ0) is 10.6. The Balaban J connectivity index is 3.20. The second-order valence-corrected chi connectivity index (χ2v) is 2.90. The molecule has 14 heavy (non-hydrogen) atoms. The molecule has 0 saturated heterocycles. The number of terminal acetylenes is 1. The maximum absolute atomic E-state index is 5.18. The lowest BCUT2D eigenvalue weighted by atomic mass is 10.3. The van der Waals surface area contributed by atoms with Gasteiger partial charge in [-0.3, -0.25) is 0 Å². The highest BCUT2D eigenvalue weighted by Crippen LogP contribution is 1.87. The van der Waals surface area contributed by atoms with Gasteiger partial charge in [-0.05, 0) is 0 Å². The maximum Gasteiger partial charge on any atom is 0.0928 e. The standard InChI is InChI=1S/C10H20N2O2/c1-4-5-11-6-7-12-8-10(14-3)9-13-2/h1,10-12H,5-9H2,2-3H3. The Morgan fingerprint density at radius 3 is 2.57 bits per heavy atom. The molecule has 4 nitrogen and oxygen atoms in total. The number of hydrogen-bond donors (Lipinski definition) is 2. The largest absolute Gasteiger partial charge is 0.382 e. The number of hydrogen-bond acceptors (Lipinski definition) is 4. The molecule has 0 aromatic rings. The SMILES string of the molecule is C#CCNCCNCC(COC)OC. The van der Waals surface area contributed by atoms with Crippen molar-refractivity contribution < 1.29 is 9.47 Å². The maximum atomic E-state index is 5.18. The molecule has 82 valence electrons. The predicted molar refractivity (Wildman–Crippen MR) is 57.2 cm³/mol. The van der Waals surface area contributed by atoms with Crippen molar-refractivity contribution in [2.24, 2.45) is 0 Å². The molecule has 1 unspecified atom stereocenters. The van der Waals surface area contributed by atoms with E-state index in [1.54, 1.807) is 14.2 Å². The first-order chi connectivity index (χ1) is 6.85. The van der Waals surface area contributed by atoms with Gasteiger partial charge in [0.2, 0.25) is 0 Å². The van der Waals surface area contributed by atoms with Gasteiger partial charge in [-0.1, -0.05) is 5.92 Å². The van der Waals surface area contributed by atoms with Gasteiger partial charge in [-0.15, -0.1) is 6.42 Å². The summed E-state index contributed by atoms with van der Waals surface area (Å²) in [5, 5.41) is 6.33. The second kappa shape index (κ2) is 10.5. The normalized spacial score (nSPS) is 12.4. The fourth-order valence-electron chi connectivity index (χ4n) is 0.997. The minimum atomic E-state index is 0.118. The Morgan fingerprint density at radius 2 is 2.00 bits per heavy atom. The monoisotopic (exact) mass is 200 g/mol. The third-order valence-corrected chi connectivity index (χ3v) is 1.76. The molecule has 0 spiro atoms. The molecule has 0 fully saturated rings. The molecule has 0 aliphatic rings. The average molecular weight is 200 g/mol. The molecular formula is C10H20N2O2. The number of methoxy groups -OCH3 is 2. The van der Waals surface area contributed by atoms with Gasteiger partial charge in [0.1, 0.15) is 0 Å². The van der Waals surface area contributed by atoms with E-state index in [4.69, 9.17) is 15.9 Å². The van der Waals surface area contributed by atoms with Crippen LogP contribution in [0.15, 0.2) is 0 Å². The van der Waals surface area contributed by atoms with Crippen LogP contribution in [-0.4, -0.2) is 53.1 Å². The van der Waals surface area contributed by atoms with Crippen LogP contribution in [0, 0.1) is 12.3 Å². The van der Waals surface area contributed by atoms with Crippen LogP contribution in [0.4, 0.5) is 0 Å². The summed E-state index contributed by atoms with van der Waals surface area (Å²) in [6.45, 7) is 3.77. The summed E-state index contributed by atoms with van der Waals surface area (Å²) < 4.78 is 10.2. The van der Waals surface area contributed by atoms with Gasteiger partial charge < -0.3 is 20.1 Å². The van der Waals surface area contributed by atoms with E-state index in [1.807, 2.05) is 0 Å². The van der Waals surface area contributed by atoms with Crippen molar-refractivity contribution in [2.45, 2.75) is 6.10 Å². The van der Waals surface area contributed by atoms with Crippen LogP contribution in [-0.2, 0) is 9.47 Å². The molecule has 0 rings (SSSR count). The van der Waals surface area contributed by atoms with Crippen molar-refractivity contribution in [1.82, 2.24) is 10.6 Å². The van der Waals surface area contributed by atoms with Gasteiger partial charge in [0.25, 0.3) is 0 Å². The van der Waals surface area contributed by atoms with E-state index in [-0.39, 0.29) is 6.10 Å². The molecule has 4 heteroatoms. The van der Waals surface area contributed by atoms with E-state index in [0.717, 1.165) is 19.6 Å². The van der Waals surface area contributed by atoms with Gasteiger partial charge >= 0.3 is 0 Å². The molecule has 0 aliphatic heterocycles. The van der Waals surface area contributed by atoms with E-state index in [0.29, 0.717) is 13.2 Å². The highest BCUT2D eigenvalue weighted by molar-refractivity contribution is 4.86. The van der Waals surface area contributed by atoms with E-state index >= 15 is 0 Å². The van der Waals surface area contributed by atoms with E-state index in [1.165, 1.54) is 0 Å². The second-order valence-electron chi connectivity index (χ2n) is 2.90. The lowest BCUT2D eigenvalue weighted by Crippen LogP contribution is -2.35. The molecular weight excluding hydrogens is 180 g/mol. The zero-order valence-corrected chi connectivity index (χ0v) is 9.01. The lowest BCUT2D eigenvalue weighted by Gasteiger charge is -2.14. The smallest absolute Gasteiger partial charge is 0.0928 e. The van der Waals surface area contributed by atoms with Gasteiger partial charge in [0, 0.05) is 33.9 Å². The van der Waals surface area contributed by atoms with Crippen LogP contribution in [0.25, 0.3) is 0 Å². The van der Waals surface area contributed by atoms with Crippen LogP contribution in [0.1, 0.15) is 0 Å². The summed E-state index contributed by atoms with van der Waals surface area (Å²) in [5.41, 5.74) is 0. The van der Waals surface area contributed by atoms with E-state index in [2.05, 4.69) is 16.6 Å². The van der Waals surface area contributed by atoms with Crippen molar-refractivity contribution >= 4 is 0 Å². The summed E-state index contributed by atoms with van der Waals surface area (Å²) in [6, 6.07) is 0. The van der Waals surface area contributed by atoms with Gasteiger partial charge in [0.15, 0.2) is 0 Å². The number of ether oxygens (including phenoxy) is 2. The molecule has 0 saturated carbocycles. The first-order valence-corrected chi connectivity index (χ1v) is 4.71. The Kier molecular flexibility index (Phi) is 10.0. The van der Waals surface area contributed by atoms with Crippen molar-refractivity contribution in [2.75, 3.05) is 47.0 Å². The fourth-order valence-corrected chi connectivity index (χ4v) is 0.997. The molecule has 0 amide bonds. The molecule has 0 aromatic heterocycles. The van der Waals surface area contributed by atoms with Crippen molar-refractivity contribution in [3.8, 4) is 12.3 Å². The minimum absolute atomic E-state index is 0.118. The van der Waals surface area contributed by atoms with Crippen molar-refractivity contribution in [1.29, 1.82) is 0 Å². The molecule has 0 radical (unpaired) electrons. The number of nitrogens with one attached hydrogen (secondary N) is 2. The first-order valence-electron chi connectivity index (χ1n) is 4.71. The minimum Gasteiger partial charge on any atom is -0.382 e. The molecule has 0 aromatic carbocycles. The Hall–Kier alpha value is -0.600. The number of rotatable bonds is 9. The summed E-state index contributed by atoms with van der Waals surface area (Å²) in [5.74, 6) is 2.52. The molecule has 0 heterocycles. The third kappa shape index (κ3) is 8.02. The summed E-state index contributed by atoms with van der Waals surface area (Å²) in [4.78, 5) is 0. The Bertz CT molecular complexity index is 157. The van der Waals surface area contributed by atoms with Crippen molar-refractivity contribution in [3.05, 3.63) is 0 Å². The predicted octanol–water partition coefficient (Wildman–Crippen LogP) is -0.540. The first kappa shape index (κ1) is 13.4. The van der Waals surface area contributed by atoms with Crippen LogP contribution < -0.4 is 10.6 Å². The third-order valence-electron chi connectivity index (χ3n) is 1.76. The summed E-state index contributed by atoms with van der Waals surface area (Å²) in [7, 11) is 3.35. The quantitative estimate of drug-likeness (QED) is 0.387. The van der Waals surface area contributed by atoms with Gasteiger partial charge in [0.05, 0.1) is 19.3 Å². The van der Waals surface area contributed by atoms with E-state index in [9.17, 15) is 0 Å². The van der Waals surface area contributed by atoms with Gasteiger partial charge in [-0.25, -0.2) is 0 Å². The highest BCUT2D eigenvalue weighted by Gasteiger charge is 2.04. The topological polar surface area (TPSA) is 42.5 Å². The molecule has 1 atom stereocenters. The molecule has 0 aliphatic carbocycles. The van der Waals surface area contributed by atoms with Crippen molar-refractivity contribution in [3.63, 3.8) is 0 Å². The Morgan fingerprint density at radius 1 is 1.29 bits per heavy atom. The highest BCUT2D eigenvalue weighted by atomic mass is 16.5. The van der Waals surface area contributed by atoms with Gasteiger partial charge in [-0.2, -0.15) is 0 Å².